The van der Waals surface area contributed by atoms with E-state index < -0.39 is 0 Å². The molecule has 1 atom stereocenters. The largest absolute Gasteiger partial charge is 0.354 e. The van der Waals surface area contributed by atoms with Crippen molar-refractivity contribution >= 4 is 40.8 Å². The van der Waals surface area contributed by atoms with Gasteiger partial charge in [0, 0.05) is 23.7 Å². The van der Waals surface area contributed by atoms with Gasteiger partial charge in [-0.1, -0.05) is 34.9 Å². The van der Waals surface area contributed by atoms with Crippen molar-refractivity contribution in [1.29, 1.82) is 0 Å². The summed E-state index contributed by atoms with van der Waals surface area (Å²) in [5.41, 5.74) is 1.83. The van der Waals surface area contributed by atoms with E-state index >= 15 is 0 Å². The van der Waals surface area contributed by atoms with Crippen LogP contribution in [0.5, 0.6) is 0 Å². The van der Waals surface area contributed by atoms with Crippen molar-refractivity contribution in [3.8, 4) is 0 Å². The number of hydrogen-bond donors (Lipinski definition) is 1. The average Bonchev–Trinajstić information content (AvgIpc) is 2.87. The first-order valence-electron chi connectivity index (χ1n) is 7.13. The molecule has 0 aromatic carbocycles. The summed E-state index contributed by atoms with van der Waals surface area (Å²) >= 11 is 4.54. The molecule has 0 aliphatic heterocycles. The van der Waals surface area contributed by atoms with Crippen molar-refractivity contribution < 1.29 is 4.79 Å². The number of aromatic nitrogens is 4. The van der Waals surface area contributed by atoms with Crippen LogP contribution in [0.25, 0.3) is 0 Å². The molecule has 1 amide bonds. The molecule has 1 N–H and O–H groups in total. The third kappa shape index (κ3) is 6.08. The second-order valence-corrected chi connectivity index (χ2v) is 8.75. The molecule has 0 radical (unpaired) electrons. The van der Waals surface area contributed by atoms with Gasteiger partial charge in [-0.2, -0.15) is 0 Å². The molecule has 0 spiro atoms. The van der Waals surface area contributed by atoms with E-state index in [1.807, 2.05) is 33.8 Å². The molecule has 23 heavy (non-hydrogen) atoms. The maximum absolute atomic E-state index is 12.1. The Morgan fingerprint density at radius 1 is 1.26 bits per heavy atom. The number of hydrogen-bond acceptors (Lipinski definition) is 8. The summed E-state index contributed by atoms with van der Waals surface area (Å²) in [6, 6.07) is 1.92. The highest BCUT2D eigenvalue weighted by Gasteiger charge is 2.16. The second-order valence-electron chi connectivity index (χ2n) is 4.92. The van der Waals surface area contributed by atoms with Gasteiger partial charge in [-0.25, -0.2) is 9.97 Å². The molecule has 0 aliphatic rings. The van der Waals surface area contributed by atoms with Crippen LogP contribution in [0, 0.1) is 20.8 Å². The number of carbonyl (C=O) groups is 1. The number of rotatable bonds is 7. The molecule has 0 saturated carbocycles. The van der Waals surface area contributed by atoms with E-state index in [0.717, 1.165) is 26.5 Å². The molecule has 0 bridgehead atoms. The quantitative estimate of drug-likeness (QED) is 0.456. The number of carbonyl (C=O) groups excluding carboxylic acids is 1. The third-order valence-corrected chi connectivity index (χ3v) is 5.68. The van der Waals surface area contributed by atoms with Gasteiger partial charge in [0.1, 0.15) is 5.01 Å². The van der Waals surface area contributed by atoms with Gasteiger partial charge in [0.2, 0.25) is 5.91 Å². The molecule has 0 aliphatic carbocycles. The molecule has 0 saturated heterocycles. The Morgan fingerprint density at radius 3 is 2.57 bits per heavy atom. The standard InChI is InChI=1S/C14H19N5OS3/c1-8-7-9(2)17-13(16-8)22-10(3)12(20)15-5-6-21-14-19-18-11(4)23-14/h7,10H,5-6H2,1-4H3,(H,15,20)/t10-/m0/s1. The lowest BCUT2D eigenvalue weighted by molar-refractivity contribution is -0.120. The van der Waals surface area contributed by atoms with Gasteiger partial charge in [-0.05, 0) is 33.8 Å². The number of aryl methyl sites for hydroxylation is 3. The van der Waals surface area contributed by atoms with Crippen molar-refractivity contribution in [2.24, 2.45) is 0 Å². The highest BCUT2D eigenvalue weighted by Crippen LogP contribution is 2.22. The van der Waals surface area contributed by atoms with E-state index in [0.29, 0.717) is 11.7 Å². The van der Waals surface area contributed by atoms with Crippen molar-refractivity contribution in [1.82, 2.24) is 25.5 Å². The molecule has 0 fully saturated rings. The van der Waals surface area contributed by atoms with Gasteiger partial charge in [0.25, 0.3) is 0 Å². The van der Waals surface area contributed by atoms with Gasteiger partial charge in [0.05, 0.1) is 5.25 Å². The molecular weight excluding hydrogens is 350 g/mol. The summed E-state index contributed by atoms with van der Waals surface area (Å²) < 4.78 is 0.933. The fourth-order valence-electron chi connectivity index (χ4n) is 1.75. The van der Waals surface area contributed by atoms with Gasteiger partial charge >= 0.3 is 0 Å². The van der Waals surface area contributed by atoms with E-state index in [4.69, 9.17) is 0 Å². The second kappa shape index (κ2) is 8.60. The van der Waals surface area contributed by atoms with E-state index in [1.165, 1.54) is 11.8 Å². The minimum atomic E-state index is -0.232. The molecule has 2 aromatic rings. The van der Waals surface area contributed by atoms with Crippen LogP contribution >= 0.6 is 34.9 Å². The zero-order valence-corrected chi connectivity index (χ0v) is 15.9. The first-order chi connectivity index (χ1) is 10.9. The number of nitrogens with one attached hydrogen (secondary N) is 1. The molecule has 6 nitrogen and oxygen atoms in total. The normalized spacial score (nSPS) is 12.2. The zero-order chi connectivity index (χ0) is 16.8. The number of nitrogens with zero attached hydrogens (tertiary/aromatic N) is 4. The van der Waals surface area contributed by atoms with Crippen LogP contribution in [-0.2, 0) is 4.79 Å². The molecule has 0 unspecified atom stereocenters. The van der Waals surface area contributed by atoms with Gasteiger partial charge in [-0.15, -0.1) is 10.2 Å². The topological polar surface area (TPSA) is 80.7 Å². The fraction of sp³-hybridized carbons (Fsp3) is 0.500. The van der Waals surface area contributed by atoms with Crippen LogP contribution in [0.3, 0.4) is 0 Å². The predicted octanol–water partition coefficient (Wildman–Crippen LogP) is 2.64. The van der Waals surface area contributed by atoms with Crippen molar-refractivity contribution in [2.45, 2.75) is 42.4 Å². The van der Waals surface area contributed by atoms with Crippen LogP contribution in [-0.4, -0.2) is 43.6 Å². The summed E-state index contributed by atoms with van der Waals surface area (Å²) in [7, 11) is 0. The summed E-state index contributed by atoms with van der Waals surface area (Å²) in [5.74, 6) is 0.768. The average molecular weight is 370 g/mol. The lowest BCUT2D eigenvalue weighted by Gasteiger charge is -2.11. The first kappa shape index (κ1) is 18.2. The zero-order valence-electron chi connectivity index (χ0n) is 13.5. The third-order valence-electron chi connectivity index (χ3n) is 2.75. The highest BCUT2D eigenvalue weighted by molar-refractivity contribution is 8.01. The molecule has 124 valence electrons. The van der Waals surface area contributed by atoms with Gasteiger partial charge < -0.3 is 5.32 Å². The van der Waals surface area contributed by atoms with Crippen LogP contribution in [0.1, 0.15) is 23.3 Å². The minimum absolute atomic E-state index is 0.00759. The predicted molar refractivity (Wildman–Crippen MR) is 95.2 cm³/mol. The maximum Gasteiger partial charge on any atom is 0.233 e. The fourth-order valence-corrected chi connectivity index (χ4v) is 4.39. The molecule has 2 rings (SSSR count). The summed E-state index contributed by atoms with van der Waals surface area (Å²) in [5, 5.41) is 12.3. The SMILES string of the molecule is Cc1cc(C)nc(S[C@@H](C)C(=O)NCCSc2nnc(C)s2)n1. The minimum Gasteiger partial charge on any atom is -0.354 e. The molecule has 9 heteroatoms. The first-order valence-corrected chi connectivity index (χ1v) is 9.82. The number of thioether (sulfide) groups is 2. The van der Waals surface area contributed by atoms with Gasteiger partial charge in [0.15, 0.2) is 9.50 Å². The Balaban J connectivity index is 1.74. The smallest absolute Gasteiger partial charge is 0.233 e. The Hall–Kier alpha value is -1.19. The number of amides is 1. The Bertz CT molecular complexity index is 656. The molecule has 2 aromatic heterocycles. The van der Waals surface area contributed by atoms with E-state index in [2.05, 4.69) is 25.5 Å². The van der Waals surface area contributed by atoms with Gasteiger partial charge in [-0.3, -0.25) is 4.79 Å². The van der Waals surface area contributed by atoms with Crippen molar-refractivity contribution in [3.63, 3.8) is 0 Å². The summed E-state index contributed by atoms with van der Waals surface area (Å²) in [6.45, 7) is 8.24. The lowest BCUT2D eigenvalue weighted by atomic mass is 10.4. The van der Waals surface area contributed by atoms with Crippen LogP contribution in [0.15, 0.2) is 15.6 Å². The summed E-state index contributed by atoms with van der Waals surface area (Å²) in [4.78, 5) is 20.8. The molecule has 2 heterocycles. The van der Waals surface area contributed by atoms with Crippen LogP contribution in [0.2, 0.25) is 0 Å². The summed E-state index contributed by atoms with van der Waals surface area (Å²) in [6.07, 6.45) is 0. The van der Waals surface area contributed by atoms with Crippen LogP contribution in [0.4, 0.5) is 0 Å². The maximum atomic E-state index is 12.1. The Labute approximate surface area is 148 Å². The van der Waals surface area contributed by atoms with E-state index in [9.17, 15) is 4.79 Å². The van der Waals surface area contributed by atoms with E-state index in [-0.39, 0.29) is 11.2 Å². The van der Waals surface area contributed by atoms with E-state index in [1.54, 1.807) is 23.1 Å². The highest BCUT2D eigenvalue weighted by atomic mass is 32.2. The van der Waals surface area contributed by atoms with Crippen LogP contribution < -0.4 is 5.32 Å². The van der Waals surface area contributed by atoms with Crippen molar-refractivity contribution in [2.75, 3.05) is 12.3 Å². The van der Waals surface area contributed by atoms with Crippen molar-refractivity contribution in [3.05, 3.63) is 22.5 Å². The molecular formula is C14H19N5OS3. The Morgan fingerprint density at radius 2 is 1.96 bits per heavy atom. The Kier molecular flexibility index (Phi) is 6.79. The lowest BCUT2D eigenvalue weighted by Crippen LogP contribution is -2.32. The monoisotopic (exact) mass is 369 g/mol.